The van der Waals surface area contributed by atoms with E-state index in [-0.39, 0.29) is 17.7 Å². The molecule has 0 fully saturated rings. The molecule has 3 nitrogen and oxygen atoms in total. The van der Waals surface area contributed by atoms with Crippen molar-refractivity contribution in [1.29, 1.82) is 0 Å². The van der Waals surface area contributed by atoms with Crippen LogP contribution in [0.2, 0.25) is 0 Å². The number of aliphatic hydroxyl groups excluding tert-OH is 1. The molecule has 0 aliphatic carbocycles. The molecule has 2 rings (SSSR count). The maximum Gasteiger partial charge on any atom is 0.416 e. The van der Waals surface area contributed by atoms with Crippen LogP contribution in [0.3, 0.4) is 0 Å². The SMILES string of the molecule is O=C(NCc1ccc(F)c(CO)c1)c1cccc(C(F)(F)F)c1. The molecule has 7 heteroatoms. The molecule has 0 saturated carbocycles. The third-order valence-electron chi connectivity index (χ3n) is 3.19. The largest absolute Gasteiger partial charge is 0.416 e. The molecule has 2 aromatic rings. The van der Waals surface area contributed by atoms with Gasteiger partial charge in [-0.2, -0.15) is 13.2 Å². The molecule has 23 heavy (non-hydrogen) atoms. The number of benzene rings is 2. The third-order valence-corrected chi connectivity index (χ3v) is 3.19. The van der Waals surface area contributed by atoms with Gasteiger partial charge in [-0.25, -0.2) is 4.39 Å². The average Bonchev–Trinajstić information content (AvgIpc) is 2.53. The fourth-order valence-electron chi connectivity index (χ4n) is 1.98. The minimum Gasteiger partial charge on any atom is -0.392 e. The van der Waals surface area contributed by atoms with E-state index in [0.717, 1.165) is 24.3 Å². The smallest absolute Gasteiger partial charge is 0.392 e. The molecule has 122 valence electrons. The van der Waals surface area contributed by atoms with Gasteiger partial charge in [-0.05, 0) is 35.9 Å². The lowest BCUT2D eigenvalue weighted by Crippen LogP contribution is -2.23. The van der Waals surface area contributed by atoms with Gasteiger partial charge in [0, 0.05) is 17.7 Å². The summed E-state index contributed by atoms with van der Waals surface area (Å²) in [6.07, 6.45) is -4.52. The summed E-state index contributed by atoms with van der Waals surface area (Å²) in [7, 11) is 0. The van der Waals surface area contributed by atoms with Gasteiger partial charge in [0.25, 0.3) is 5.91 Å². The van der Waals surface area contributed by atoms with E-state index in [2.05, 4.69) is 5.32 Å². The monoisotopic (exact) mass is 327 g/mol. The number of carbonyl (C=O) groups excluding carboxylic acids is 1. The van der Waals surface area contributed by atoms with Crippen LogP contribution in [0.25, 0.3) is 0 Å². The first kappa shape index (κ1) is 17.0. The Morgan fingerprint density at radius 3 is 2.52 bits per heavy atom. The summed E-state index contributed by atoms with van der Waals surface area (Å²) in [5, 5.41) is 11.4. The zero-order valence-electron chi connectivity index (χ0n) is 11.8. The van der Waals surface area contributed by atoms with Crippen molar-refractivity contribution in [3.05, 3.63) is 70.5 Å². The van der Waals surface area contributed by atoms with Crippen LogP contribution in [0.4, 0.5) is 17.6 Å². The first-order valence-electron chi connectivity index (χ1n) is 6.65. The first-order chi connectivity index (χ1) is 10.8. The van der Waals surface area contributed by atoms with Gasteiger partial charge in [-0.3, -0.25) is 4.79 Å². The summed E-state index contributed by atoms with van der Waals surface area (Å²) in [5.41, 5.74) is -0.426. The summed E-state index contributed by atoms with van der Waals surface area (Å²) in [5.74, 6) is -1.24. The second kappa shape index (κ2) is 6.78. The Bertz CT molecular complexity index is 713. The molecule has 0 aliphatic heterocycles. The highest BCUT2D eigenvalue weighted by Gasteiger charge is 2.30. The Labute approximate surface area is 129 Å². The van der Waals surface area contributed by atoms with E-state index in [4.69, 9.17) is 5.11 Å². The molecule has 0 aromatic heterocycles. The molecule has 1 amide bonds. The molecule has 2 aromatic carbocycles. The minimum atomic E-state index is -4.52. The standard InChI is InChI=1S/C16H13F4NO2/c17-14-5-4-10(6-12(14)9-22)8-21-15(23)11-2-1-3-13(7-11)16(18,19)20/h1-7,22H,8-9H2,(H,21,23). The van der Waals surface area contributed by atoms with E-state index in [1.54, 1.807) is 0 Å². The van der Waals surface area contributed by atoms with Crippen molar-refractivity contribution < 1.29 is 27.5 Å². The molecular formula is C16H13F4NO2. The Kier molecular flexibility index (Phi) is 5.00. The van der Waals surface area contributed by atoms with Crippen LogP contribution in [0, 0.1) is 5.82 Å². The molecule has 0 aliphatic rings. The van der Waals surface area contributed by atoms with Crippen molar-refractivity contribution >= 4 is 5.91 Å². The summed E-state index contributed by atoms with van der Waals surface area (Å²) in [6, 6.07) is 8.01. The molecular weight excluding hydrogens is 314 g/mol. The highest BCUT2D eigenvalue weighted by Crippen LogP contribution is 2.29. The van der Waals surface area contributed by atoms with Gasteiger partial charge in [-0.15, -0.1) is 0 Å². The Morgan fingerprint density at radius 1 is 1.13 bits per heavy atom. The van der Waals surface area contributed by atoms with Crippen LogP contribution in [0.5, 0.6) is 0 Å². The summed E-state index contributed by atoms with van der Waals surface area (Å²) < 4.78 is 51.1. The summed E-state index contributed by atoms with van der Waals surface area (Å²) >= 11 is 0. The molecule has 0 atom stereocenters. The molecule has 2 N–H and O–H groups in total. The van der Waals surface area contributed by atoms with Gasteiger partial charge < -0.3 is 10.4 Å². The van der Waals surface area contributed by atoms with E-state index >= 15 is 0 Å². The predicted octanol–water partition coefficient (Wildman–Crippen LogP) is 3.27. The average molecular weight is 327 g/mol. The van der Waals surface area contributed by atoms with Crippen molar-refractivity contribution in [2.75, 3.05) is 0 Å². The van der Waals surface area contributed by atoms with Gasteiger partial charge in [0.2, 0.25) is 0 Å². The topological polar surface area (TPSA) is 49.3 Å². The van der Waals surface area contributed by atoms with Crippen molar-refractivity contribution in [2.45, 2.75) is 19.3 Å². The van der Waals surface area contributed by atoms with Crippen molar-refractivity contribution in [2.24, 2.45) is 0 Å². The maximum atomic E-state index is 13.2. The third kappa shape index (κ3) is 4.29. The number of aliphatic hydroxyl groups is 1. The van der Waals surface area contributed by atoms with E-state index < -0.39 is 30.1 Å². The highest BCUT2D eigenvalue weighted by molar-refractivity contribution is 5.94. The van der Waals surface area contributed by atoms with Crippen LogP contribution in [0.1, 0.15) is 27.0 Å². The minimum absolute atomic E-state index is 0.00234. The molecule has 0 saturated heterocycles. The molecule has 0 bridgehead atoms. The number of rotatable bonds is 4. The number of carbonyl (C=O) groups is 1. The van der Waals surface area contributed by atoms with Crippen LogP contribution < -0.4 is 5.32 Å². The van der Waals surface area contributed by atoms with Gasteiger partial charge in [0.1, 0.15) is 5.82 Å². The Balaban J connectivity index is 2.08. The van der Waals surface area contributed by atoms with Crippen LogP contribution >= 0.6 is 0 Å². The number of nitrogens with one attached hydrogen (secondary N) is 1. The normalized spacial score (nSPS) is 11.3. The van der Waals surface area contributed by atoms with E-state index in [1.807, 2.05) is 0 Å². The number of amides is 1. The fourth-order valence-corrected chi connectivity index (χ4v) is 1.98. The van der Waals surface area contributed by atoms with Crippen LogP contribution in [-0.4, -0.2) is 11.0 Å². The number of alkyl halides is 3. The molecule has 0 spiro atoms. The van der Waals surface area contributed by atoms with E-state index in [0.29, 0.717) is 5.56 Å². The maximum absolute atomic E-state index is 13.2. The zero-order valence-corrected chi connectivity index (χ0v) is 11.8. The fraction of sp³-hybridized carbons (Fsp3) is 0.188. The van der Waals surface area contributed by atoms with Crippen molar-refractivity contribution in [3.63, 3.8) is 0 Å². The quantitative estimate of drug-likeness (QED) is 0.847. The van der Waals surface area contributed by atoms with Gasteiger partial charge in [0.15, 0.2) is 0 Å². The van der Waals surface area contributed by atoms with Gasteiger partial charge >= 0.3 is 6.18 Å². The lowest BCUT2D eigenvalue weighted by atomic mass is 10.1. The van der Waals surface area contributed by atoms with E-state index in [9.17, 15) is 22.4 Å². The second-order valence-electron chi connectivity index (χ2n) is 4.85. The van der Waals surface area contributed by atoms with Crippen LogP contribution in [0.15, 0.2) is 42.5 Å². The Hall–Kier alpha value is -2.41. The molecule has 0 heterocycles. The lowest BCUT2D eigenvalue weighted by Gasteiger charge is -2.10. The second-order valence-corrected chi connectivity index (χ2v) is 4.85. The molecule has 0 radical (unpaired) electrons. The first-order valence-corrected chi connectivity index (χ1v) is 6.65. The Morgan fingerprint density at radius 2 is 1.87 bits per heavy atom. The highest BCUT2D eigenvalue weighted by atomic mass is 19.4. The van der Waals surface area contributed by atoms with Crippen molar-refractivity contribution in [1.82, 2.24) is 5.32 Å². The number of hydrogen-bond donors (Lipinski definition) is 2. The number of hydrogen-bond acceptors (Lipinski definition) is 2. The predicted molar refractivity (Wildman–Crippen MR) is 74.9 cm³/mol. The number of halogens is 4. The lowest BCUT2D eigenvalue weighted by molar-refractivity contribution is -0.137. The zero-order chi connectivity index (χ0) is 17.0. The van der Waals surface area contributed by atoms with Crippen LogP contribution in [-0.2, 0) is 19.3 Å². The summed E-state index contributed by atoms with van der Waals surface area (Å²) in [6.45, 7) is -0.483. The van der Waals surface area contributed by atoms with Gasteiger partial charge in [0.05, 0.1) is 12.2 Å². The van der Waals surface area contributed by atoms with E-state index in [1.165, 1.54) is 18.2 Å². The van der Waals surface area contributed by atoms with Crippen molar-refractivity contribution in [3.8, 4) is 0 Å². The summed E-state index contributed by atoms with van der Waals surface area (Å²) in [4.78, 5) is 11.9. The molecule has 0 unspecified atom stereocenters. The van der Waals surface area contributed by atoms with Gasteiger partial charge in [-0.1, -0.05) is 12.1 Å².